The Kier molecular flexibility index (Phi) is 9.00. The Labute approximate surface area is 151 Å². The fraction of sp³-hybridized carbons (Fsp3) is 0.950. The monoisotopic (exact) mass is 356 g/mol. The van der Waals surface area contributed by atoms with Gasteiger partial charge in [-0.25, -0.2) is 0 Å². The summed E-state index contributed by atoms with van der Waals surface area (Å²) in [6, 6.07) is 0. The molecule has 1 rings (SSSR count). The number of carbonyl (C=O) groups is 1. The quantitative estimate of drug-likeness (QED) is 0.371. The third-order valence-corrected chi connectivity index (χ3v) is 12.1. The maximum Gasteiger partial charge on any atom is 0.305 e. The second-order valence-corrected chi connectivity index (χ2v) is 13.8. The van der Waals surface area contributed by atoms with Crippen LogP contribution in [0.3, 0.4) is 0 Å². The van der Waals surface area contributed by atoms with Crippen LogP contribution in [-0.2, 0) is 14.0 Å². The Morgan fingerprint density at radius 2 is 1.46 bits per heavy atom. The van der Waals surface area contributed by atoms with Crippen LogP contribution in [0.15, 0.2) is 0 Å². The largest absolute Gasteiger partial charge is 0.466 e. The van der Waals surface area contributed by atoms with Crippen LogP contribution < -0.4 is 0 Å². The van der Waals surface area contributed by atoms with Crippen LogP contribution in [-0.4, -0.2) is 27.0 Å². The third kappa shape index (κ3) is 5.59. The normalized spacial score (nSPS) is 22.4. The molecule has 0 aromatic rings. The van der Waals surface area contributed by atoms with Gasteiger partial charge in [-0.15, -0.1) is 0 Å². The molecule has 0 atom stereocenters. The molecule has 0 aliphatic heterocycles. The Balaban J connectivity index is 2.53. The summed E-state index contributed by atoms with van der Waals surface area (Å²) in [5, 5.41) is 0. The molecule has 0 heterocycles. The van der Waals surface area contributed by atoms with Crippen molar-refractivity contribution in [3.05, 3.63) is 0 Å². The number of esters is 1. The first kappa shape index (κ1) is 21.7. The molecule has 0 spiro atoms. The highest BCUT2D eigenvalue weighted by atomic mass is 28.4. The maximum absolute atomic E-state index is 11.5. The van der Waals surface area contributed by atoms with Crippen molar-refractivity contribution in [2.75, 3.05) is 6.61 Å². The van der Waals surface area contributed by atoms with Gasteiger partial charge in [-0.3, -0.25) is 4.79 Å². The van der Waals surface area contributed by atoms with E-state index in [0.29, 0.717) is 41.7 Å². The predicted octanol–water partition coefficient (Wildman–Crippen LogP) is 6.08. The van der Waals surface area contributed by atoms with Crippen LogP contribution in [0.1, 0.15) is 87.0 Å². The lowest BCUT2D eigenvalue weighted by molar-refractivity contribution is -0.143. The molecule has 142 valence electrons. The van der Waals surface area contributed by atoms with Crippen LogP contribution in [0.25, 0.3) is 0 Å². The van der Waals surface area contributed by atoms with Gasteiger partial charge in [0.2, 0.25) is 8.32 Å². The number of hydrogen-bond acceptors (Lipinski definition) is 3. The van der Waals surface area contributed by atoms with Gasteiger partial charge in [-0.1, -0.05) is 41.5 Å². The van der Waals surface area contributed by atoms with Gasteiger partial charge in [0, 0.05) is 12.5 Å². The summed E-state index contributed by atoms with van der Waals surface area (Å²) in [4.78, 5) is 11.5. The predicted molar refractivity (Wildman–Crippen MR) is 104 cm³/mol. The Bertz CT molecular complexity index is 349. The van der Waals surface area contributed by atoms with E-state index >= 15 is 0 Å². The van der Waals surface area contributed by atoms with E-state index in [-0.39, 0.29) is 5.97 Å². The first-order chi connectivity index (χ1) is 11.2. The highest BCUT2D eigenvalue weighted by Crippen LogP contribution is 2.44. The van der Waals surface area contributed by atoms with Crippen molar-refractivity contribution in [2.45, 2.75) is 110 Å². The van der Waals surface area contributed by atoms with Gasteiger partial charge in [0.15, 0.2) is 0 Å². The van der Waals surface area contributed by atoms with Crippen LogP contribution in [0, 0.1) is 5.92 Å². The van der Waals surface area contributed by atoms with E-state index < -0.39 is 8.32 Å². The fourth-order valence-corrected chi connectivity index (χ4v) is 10.4. The van der Waals surface area contributed by atoms with Crippen molar-refractivity contribution in [3.63, 3.8) is 0 Å². The Morgan fingerprint density at radius 1 is 0.958 bits per heavy atom. The summed E-state index contributed by atoms with van der Waals surface area (Å²) in [7, 11) is -1.76. The van der Waals surface area contributed by atoms with Crippen LogP contribution in [0.5, 0.6) is 0 Å². The Morgan fingerprint density at radius 3 is 1.88 bits per heavy atom. The lowest BCUT2D eigenvalue weighted by Crippen LogP contribution is -2.50. The minimum Gasteiger partial charge on any atom is -0.466 e. The molecule has 1 aliphatic carbocycles. The van der Waals surface area contributed by atoms with Crippen LogP contribution in [0.2, 0.25) is 16.6 Å². The molecule has 24 heavy (non-hydrogen) atoms. The molecule has 4 heteroatoms. The zero-order valence-electron chi connectivity index (χ0n) is 17.1. The second kappa shape index (κ2) is 9.96. The molecule has 1 saturated carbocycles. The fourth-order valence-electron chi connectivity index (χ4n) is 4.79. The number of ether oxygens (including phenoxy) is 1. The van der Waals surface area contributed by atoms with Crippen LogP contribution >= 0.6 is 0 Å². The van der Waals surface area contributed by atoms with Crippen LogP contribution in [0.4, 0.5) is 0 Å². The number of rotatable bonds is 9. The molecule has 0 amide bonds. The molecule has 0 aromatic carbocycles. The molecule has 0 aromatic heterocycles. The lowest BCUT2D eigenvalue weighted by atomic mass is 9.85. The summed E-state index contributed by atoms with van der Waals surface area (Å²) < 4.78 is 12.0. The van der Waals surface area contributed by atoms with Crippen molar-refractivity contribution in [3.8, 4) is 0 Å². The SMILES string of the molecule is CCOC(=O)CCC1CCC(O[Si](C(C)C)(C(C)C)C(C)C)CC1. The maximum atomic E-state index is 11.5. The zero-order chi connectivity index (χ0) is 18.3. The molecule has 0 radical (unpaired) electrons. The molecule has 0 saturated heterocycles. The molecule has 1 fully saturated rings. The summed E-state index contributed by atoms with van der Waals surface area (Å²) in [6.45, 7) is 16.5. The van der Waals surface area contributed by atoms with Gasteiger partial charge in [0.25, 0.3) is 0 Å². The van der Waals surface area contributed by atoms with Crippen molar-refractivity contribution in [1.82, 2.24) is 0 Å². The molecule has 0 bridgehead atoms. The van der Waals surface area contributed by atoms with Crippen molar-refractivity contribution in [2.24, 2.45) is 5.92 Å². The van der Waals surface area contributed by atoms with E-state index in [0.717, 1.165) is 19.3 Å². The van der Waals surface area contributed by atoms with Crippen molar-refractivity contribution < 1.29 is 14.0 Å². The minimum absolute atomic E-state index is 0.0401. The summed E-state index contributed by atoms with van der Waals surface area (Å²) in [5.74, 6) is 0.629. The zero-order valence-corrected chi connectivity index (χ0v) is 18.1. The van der Waals surface area contributed by atoms with Gasteiger partial charge in [0.1, 0.15) is 0 Å². The van der Waals surface area contributed by atoms with E-state index in [2.05, 4.69) is 41.5 Å². The highest BCUT2D eigenvalue weighted by Gasteiger charge is 2.46. The third-order valence-electron chi connectivity index (χ3n) is 5.93. The van der Waals surface area contributed by atoms with Gasteiger partial charge in [0.05, 0.1) is 6.61 Å². The second-order valence-electron chi connectivity index (χ2n) is 8.42. The summed E-state index contributed by atoms with van der Waals surface area (Å²) in [5.41, 5.74) is 1.96. The molecular formula is C20H40O3Si. The highest BCUT2D eigenvalue weighted by molar-refractivity contribution is 6.77. The molecule has 1 aliphatic rings. The topological polar surface area (TPSA) is 35.5 Å². The van der Waals surface area contributed by atoms with Gasteiger partial charge in [-0.05, 0) is 61.6 Å². The summed E-state index contributed by atoms with van der Waals surface area (Å²) >= 11 is 0. The Hall–Kier alpha value is -0.353. The first-order valence-corrected chi connectivity index (χ1v) is 12.2. The standard InChI is InChI=1S/C20H40O3Si/c1-8-22-20(21)14-11-18-9-12-19(13-10-18)23-24(15(2)3,16(4)5)17(6)7/h15-19H,8-14H2,1-7H3. The summed E-state index contributed by atoms with van der Waals surface area (Å²) in [6.07, 6.45) is 6.70. The van der Waals surface area contributed by atoms with Gasteiger partial charge in [-0.2, -0.15) is 0 Å². The van der Waals surface area contributed by atoms with E-state index in [9.17, 15) is 4.79 Å². The molecule has 0 N–H and O–H groups in total. The average molecular weight is 357 g/mol. The van der Waals surface area contributed by atoms with E-state index in [1.807, 2.05) is 6.92 Å². The van der Waals surface area contributed by atoms with E-state index in [4.69, 9.17) is 9.16 Å². The molecule has 3 nitrogen and oxygen atoms in total. The average Bonchev–Trinajstić information content (AvgIpc) is 2.51. The number of carbonyl (C=O) groups excluding carboxylic acids is 1. The van der Waals surface area contributed by atoms with E-state index in [1.165, 1.54) is 12.8 Å². The number of hydrogen-bond donors (Lipinski definition) is 0. The van der Waals surface area contributed by atoms with Gasteiger partial charge >= 0.3 is 5.97 Å². The minimum atomic E-state index is -1.76. The lowest BCUT2D eigenvalue weighted by Gasteiger charge is -2.46. The van der Waals surface area contributed by atoms with Crippen molar-refractivity contribution >= 4 is 14.3 Å². The first-order valence-electron chi connectivity index (χ1n) is 10.1. The molecular weight excluding hydrogens is 316 g/mol. The van der Waals surface area contributed by atoms with E-state index in [1.54, 1.807) is 0 Å². The smallest absolute Gasteiger partial charge is 0.305 e. The van der Waals surface area contributed by atoms with Crippen molar-refractivity contribution in [1.29, 1.82) is 0 Å². The van der Waals surface area contributed by atoms with Gasteiger partial charge < -0.3 is 9.16 Å². The molecule has 0 unspecified atom stereocenters.